The zero-order valence-corrected chi connectivity index (χ0v) is 11.9. The minimum absolute atomic E-state index is 0.103. The van der Waals surface area contributed by atoms with Crippen LogP contribution in [0.1, 0.15) is 34.7 Å². The quantitative estimate of drug-likeness (QED) is 0.802. The molecule has 0 saturated carbocycles. The number of hydrogen-bond acceptors (Lipinski definition) is 3. The number of carbonyl (C=O) groups is 1. The third kappa shape index (κ3) is 2.50. The molecule has 0 aliphatic heterocycles. The molecule has 106 valence electrons. The molecule has 0 spiro atoms. The Balaban J connectivity index is 1.85. The standard InChI is InChI=1S/C16H16N4O/c1-11-7-3-4-8-13(11)16(21)17-12(2)15-19-18-14-9-5-6-10-20(14)15/h3-10,12H,1-2H3,(H,17,21)/t12-/m1/s1. The molecule has 0 radical (unpaired) electrons. The van der Waals surface area contributed by atoms with Gasteiger partial charge in [-0.05, 0) is 37.6 Å². The van der Waals surface area contributed by atoms with Gasteiger partial charge in [-0.3, -0.25) is 9.20 Å². The van der Waals surface area contributed by atoms with E-state index in [1.54, 1.807) is 0 Å². The normalized spacial score (nSPS) is 12.3. The Hall–Kier alpha value is -2.69. The van der Waals surface area contributed by atoms with Crippen molar-refractivity contribution in [3.63, 3.8) is 0 Å². The highest BCUT2D eigenvalue weighted by atomic mass is 16.1. The third-order valence-electron chi connectivity index (χ3n) is 3.46. The Morgan fingerprint density at radius 2 is 1.90 bits per heavy atom. The highest BCUT2D eigenvalue weighted by Gasteiger charge is 2.17. The molecule has 0 aliphatic rings. The molecule has 2 heterocycles. The molecule has 0 aliphatic carbocycles. The fourth-order valence-corrected chi connectivity index (χ4v) is 2.32. The Morgan fingerprint density at radius 1 is 1.14 bits per heavy atom. The molecule has 0 saturated heterocycles. The summed E-state index contributed by atoms with van der Waals surface area (Å²) in [7, 11) is 0. The Morgan fingerprint density at radius 3 is 2.71 bits per heavy atom. The largest absolute Gasteiger partial charge is 0.342 e. The summed E-state index contributed by atoms with van der Waals surface area (Å²) in [6.45, 7) is 3.83. The van der Waals surface area contributed by atoms with Crippen LogP contribution in [-0.4, -0.2) is 20.5 Å². The van der Waals surface area contributed by atoms with Gasteiger partial charge < -0.3 is 5.32 Å². The molecule has 0 fully saturated rings. The first kappa shape index (κ1) is 13.3. The van der Waals surface area contributed by atoms with Crippen molar-refractivity contribution in [3.8, 4) is 0 Å². The summed E-state index contributed by atoms with van der Waals surface area (Å²) in [4.78, 5) is 12.3. The zero-order valence-electron chi connectivity index (χ0n) is 11.9. The number of carbonyl (C=O) groups excluding carboxylic acids is 1. The van der Waals surface area contributed by atoms with Crippen molar-refractivity contribution in [1.29, 1.82) is 0 Å². The molecule has 5 nitrogen and oxygen atoms in total. The maximum atomic E-state index is 12.3. The van der Waals surface area contributed by atoms with Crippen LogP contribution in [0, 0.1) is 6.92 Å². The molecule has 2 aromatic heterocycles. The molecular weight excluding hydrogens is 264 g/mol. The van der Waals surface area contributed by atoms with Crippen LogP contribution in [0.4, 0.5) is 0 Å². The first-order valence-corrected chi connectivity index (χ1v) is 6.83. The van der Waals surface area contributed by atoms with Gasteiger partial charge in [0.05, 0.1) is 6.04 Å². The van der Waals surface area contributed by atoms with Gasteiger partial charge in [-0.15, -0.1) is 10.2 Å². The van der Waals surface area contributed by atoms with Crippen LogP contribution in [0.5, 0.6) is 0 Å². The number of hydrogen-bond donors (Lipinski definition) is 1. The Kier molecular flexibility index (Phi) is 3.39. The highest BCUT2D eigenvalue weighted by Crippen LogP contribution is 2.14. The van der Waals surface area contributed by atoms with Gasteiger partial charge in [0.15, 0.2) is 11.5 Å². The summed E-state index contributed by atoms with van der Waals surface area (Å²) in [6.07, 6.45) is 1.89. The van der Waals surface area contributed by atoms with Crippen LogP contribution in [0.3, 0.4) is 0 Å². The van der Waals surface area contributed by atoms with E-state index in [9.17, 15) is 4.79 Å². The van der Waals surface area contributed by atoms with Crippen molar-refractivity contribution in [1.82, 2.24) is 19.9 Å². The molecule has 1 amide bonds. The minimum Gasteiger partial charge on any atom is -0.342 e. The molecule has 3 aromatic rings. The highest BCUT2D eigenvalue weighted by molar-refractivity contribution is 5.95. The number of nitrogens with zero attached hydrogens (tertiary/aromatic N) is 3. The summed E-state index contributed by atoms with van der Waals surface area (Å²) < 4.78 is 1.88. The van der Waals surface area contributed by atoms with E-state index >= 15 is 0 Å². The number of nitrogens with one attached hydrogen (secondary N) is 1. The fourth-order valence-electron chi connectivity index (χ4n) is 2.32. The van der Waals surface area contributed by atoms with Crippen molar-refractivity contribution in [2.45, 2.75) is 19.9 Å². The molecule has 3 rings (SSSR count). The number of amides is 1. The molecule has 1 aromatic carbocycles. The molecule has 1 atom stereocenters. The van der Waals surface area contributed by atoms with Gasteiger partial charge in [-0.25, -0.2) is 0 Å². The lowest BCUT2D eigenvalue weighted by atomic mass is 10.1. The Bertz CT molecular complexity index is 794. The van der Waals surface area contributed by atoms with Gasteiger partial charge in [-0.2, -0.15) is 0 Å². The number of aryl methyl sites for hydroxylation is 1. The van der Waals surface area contributed by atoms with E-state index in [0.717, 1.165) is 11.2 Å². The van der Waals surface area contributed by atoms with E-state index in [2.05, 4.69) is 15.5 Å². The van der Waals surface area contributed by atoms with E-state index in [1.165, 1.54) is 0 Å². The third-order valence-corrected chi connectivity index (χ3v) is 3.46. The summed E-state index contributed by atoms with van der Waals surface area (Å²) >= 11 is 0. The maximum absolute atomic E-state index is 12.3. The van der Waals surface area contributed by atoms with Crippen molar-refractivity contribution in [2.75, 3.05) is 0 Å². The minimum atomic E-state index is -0.227. The average molecular weight is 280 g/mol. The summed E-state index contributed by atoms with van der Waals surface area (Å²) in [5.74, 6) is 0.612. The van der Waals surface area contributed by atoms with Crippen molar-refractivity contribution >= 4 is 11.6 Å². The molecule has 21 heavy (non-hydrogen) atoms. The van der Waals surface area contributed by atoms with Gasteiger partial charge in [0.1, 0.15) is 0 Å². The van der Waals surface area contributed by atoms with Crippen LogP contribution in [0.25, 0.3) is 5.65 Å². The van der Waals surface area contributed by atoms with E-state index in [1.807, 2.05) is 66.9 Å². The second-order valence-corrected chi connectivity index (χ2v) is 5.00. The zero-order chi connectivity index (χ0) is 14.8. The number of benzene rings is 1. The van der Waals surface area contributed by atoms with Crippen molar-refractivity contribution < 1.29 is 4.79 Å². The van der Waals surface area contributed by atoms with E-state index in [0.29, 0.717) is 11.4 Å². The SMILES string of the molecule is Cc1ccccc1C(=O)N[C@H](C)c1nnc2ccccn12. The van der Waals surface area contributed by atoms with Crippen molar-refractivity contribution in [3.05, 3.63) is 65.6 Å². The first-order chi connectivity index (χ1) is 10.2. The maximum Gasteiger partial charge on any atom is 0.252 e. The summed E-state index contributed by atoms with van der Waals surface area (Å²) in [5.41, 5.74) is 2.40. The summed E-state index contributed by atoms with van der Waals surface area (Å²) in [6, 6.07) is 13.0. The lowest BCUT2D eigenvalue weighted by Gasteiger charge is -2.13. The lowest BCUT2D eigenvalue weighted by Crippen LogP contribution is -2.28. The number of aromatic nitrogens is 3. The number of pyridine rings is 1. The van der Waals surface area contributed by atoms with Crippen LogP contribution >= 0.6 is 0 Å². The fraction of sp³-hybridized carbons (Fsp3) is 0.188. The molecule has 5 heteroatoms. The number of rotatable bonds is 3. The molecule has 1 N–H and O–H groups in total. The monoisotopic (exact) mass is 280 g/mol. The second kappa shape index (κ2) is 5.36. The topological polar surface area (TPSA) is 59.3 Å². The summed E-state index contributed by atoms with van der Waals surface area (Å²) in [5, 5.41) is 11.2. The van der Waals surface area contributed by atoms with Crippen LogP contribution in [0.15, 0.2) is 48.7 Å². The van der Waals surface area contributed by atoms with Gasteiger partial charge in [0.25, 0.3) is 5.91 Å². The predicted octanol–water partition coefficient (Wildman–Crippen LogP) is 2.53. The van der Waals surface area contributed by atoms with Gasteiger partial charge in [-0.1, -0.05) is 24.3 Å². The van der Waals surface area contributed by atoms with Crippen molar-refractivity contribution in [2.24, 2.45) is 0 Å². The van der Waals surface area contributed by atoms with E-state index in [4.69, 9.17) is 0 Å². The van der Waals surface area contributed by atoms with Gasteiger partial charge in [0, 0.05) is 11.8 Å². The van der Waals surface area contributed by atoms with Gasteiger partial charge >= 0.3 is 0 Å². The number of fused-ring (bicyclic) bond motifs is 1. The van der Waals surface area contributed by atoms with Crippen LogP contribution in [0.2, 0.25) is 0 Å². The smallest absolute Gasteiger partial charge is 0.252 e. The average Bonchev–Trinajstić information content (AvgIpc) is 2.91. The van der Waals surface area contributed by atoms with Crippen LogP contribution < -0.4 is 5.32 Å². The van der Waals surface area contributed by atoms with E-state index < -0.39 is 0 Å². The first-order valence-electron chi connectivity index (χ1n) is 6.83. The lowest BCUT2D eigenvalue weighted by molar-refractivity contribution is 0.0937. The van der Waals surface area contributed by atoms with Crippen LogP contribution in [-0.2, 0) is 0 Å². The molecule has 0 unspecified atom stereocenters. The van der Waals surface area contributed by atoms with Gasteiger partial charge in [0.2, 0.25) is 0 Å². The van der Waals surface area contributed by atoms with E-state index in [-0.39, 0.29) is 11.9 Å². The molecular formula is C16H16N4O. The predicted molar refractivity (Wildman–Crippen MR) is 80.0 cm³/mol. The second-order valence-electron chi connectivity index (χ2n) is 5.00. The molecule has 0 bridgehead atoms. The Labute approximate surface area is 122 Å².